The van der Waals surface area contributed by atoms with Crippen LogP contribution in [0.5, 0.6) is 5.75 Å². The highest BCUT2D eigenvalue weighted by Gasteiger charge is 2.09. The Morgan fingerprint density at radius 2 is 2.10 bits per heavy atom. The van der Waals surface area contributed by atoms with Crippen molar-refractivity contribution in [3.63, 3.8) is 0 Å². The molecule has 2 aromatic carbocycles. The van der Waals surface area contributed by atoms with Crippen LogP contribution in [0.1, 0.15) is 17.0 Å². The first-order chi connectivity index (χ1) is 10.2. The maximum absolute atomic E-state index is 9.79. The van der Waals surface area contributed by atoms with Crippen molar-refractivity contribution in [3.05, 3.63) is 59.4 Å². The van der Waals surface area contributed by atoms with Crippen molar-refractivity contribution in [1.82, 2.24) is 9.97 Å². The zero-order chi connectivity index (χ0) is 14.8. The highest BCUT2D eigenvalue weighted by Crippen LogP contribution is 2.23. The SMILES string of the molecule is Cc1ccc2nc(/C(C#N)=C/c3ccccc3O)[nH]c2c1. The molecule has 0 bridgehead atoms. The van der Waals surface area contributed by atoms with E-state index >= 15 is 0 Å². The Morgan fingerprint density at radius 3 is 2.86 bits per heavy atom. The lowest BCUT2D eigenvalue weighted by Gasteiger charge is -1.98. The third-order valence-corrected chi connectivity index (χ3v) is 3.25. The molecule has 102 valence electrons. The van der Waals surface area contributed by atoms with Crippen LogP contribution in [0.2, 0.25) is 0 Å². The number of fused-ring (bicyclic) bond motifs is 1. The second kappa shape index (κ2) is 5.14. The lowest BCUT2D eigenvalue weighted by molar-refractivity contribution is 0.474. The van der Waals surface area contributed by atoms with E-state index in [2.05, 4.69) is 16.0 Å². The highest BCUT2D eigenvalue weighted by molar-refractivity contribution is 5.91. The molecule has 3 rings (SSSR count). The predicted octanol–water partition coefficient (Wildman–Crippen LogP) is 3.64. The summed E-state index contributed by atoms with van der Waals surface area (Å²) in [6, 6.07) is 14.9. The highest BCUT2D eigenvalue weighted by atomic mass is 16.3. The van der Waals surface area contributed by atoms with Crippen LogP contribution in [0.4, 0.5) is 0 Å². The summed E-state index contributed by atoms with van der Waals surface area (Å²) in [6.07, 6.45) is 1.62. The van der Waals surface area contributed by atoms with E-state index in [9.17, 15) is 10.4 Å². The Morgan fingerprint density at radius 1 is 1.29 bits per heavy atom. The lowest BCUT2D eigenvalue weighted by atomic mass is 10.1. The number of nitrogens with one attached hydrogen (secondary N) is 1. The zero-order valence-corrected chi connectivity index (χ0v) is 11.5. The summed E-state index contributed by atoms with van der Waals surface area (Å²) >= 11 is 0. The van der Waals surface area contributed by atoms with Gasteiger partial charge in [0.05, 0.1) is 16.6 Å². The molecule has 0 aliphatic heterocycles. The number of aryl methyl sites for hydroxylation is 1. The molecule has 4 heteroatoms. The number of benzene rings is 2. The fraction of sp³-hybridized carbons (Fsp3) is 0.0588. The van der Waals surface area contributed by atoms with E-state index in [1.54, 1.807) is 24.3 Å². The van der Waals surface area contributed by atoms with Crippen LogP contribution in [0.3, 0.4) is 0 Å². The van der Waals surface area contributed by atoms with E-state index < -0.39 is 0 Å². The van der Waals surface area contributed by atoms with Crippen molar-refractivity contribution in [3.8, 4) is 11.8 Å². The first-order valence-corrected chi connectivity index (χ1v) is 6.54. The number of allylic oxidation sites excluding steroid dienone is 1. The van der Waals surface area contributed by atoms with E-state index in [1.165, 1.54) is 0 Å². The number of imidazole rings is 1. The normalized spacial score (nSPS) is 11.5. The monoisotopic (exact) mass is 275 g/mol. The van der Waals surface area contributed by atoms with Gasteiger partial charge in [0.15, 0.2) is 0 Å². The maximum atomic E-state index is 9.79. The number of aromatic amines is 1. The van der Waals surface area contributed by atoms with Gasteiger partial charge in [-0.1, -0.05) is 24.3 Å². The van der Waals surface area contributed by atoms with Gasteiger partial charge in [-0.15, -0.1) is 0 Å². The quantitative estimate of drug-likeness (QED) is 0.701. The number of aromatic hydroxyl groups is 1. The molecule has 0 amide bonds. The van der Waals surface area contributed by atoms with E-state index in [0.29, 0.717) is 17.0 Å². The molecule has 0 saturated carbocycles. The van der Waals surface area contributed by atoms with Crippen molar-refractivity contribution >= 4 is 22.7 Å². The van der Waals surface area contributed by atoms with E-state index in [-0.39, 0.29) is 5.75 Å². The van der Waals surface area contributed by atoms with Gasteiger partial charge in [0, 0.05) is 5.56 Å². The van der Waals surface area contributed by atoms with Gasteiger partial charge in [0.1, 0.15) is 17.6 Å². The molecule has 0 spiro atoms. The molecular formula is C17H13N3O. The van der Waals surface area contributed by atoms with E-state index in [4.69, 9.17) is 0 Å². The predicted molar refractivity (Wildman–Crippen MR) is 82.4 cm³/mol. The van der Waals surface area contributed by atoms with Gasteiger partial charge in [-0.25, -0.2) is 4.98 Å². The van der Waals surface area contributed by atoms with Crippen molar-refractivity contribution in [2.75, 3.05) is 0 Å². The Labute approximate surface area is 122 Å². The van der Waals surface area contributed by atoms with Crippen LogP contribution in [-0.2, 0) is 0 Å². The van der Waals surface area contributed by atoms with Crippen molar-refractivity contribution < 1.29 is 5.11 Å². The first kappa shape index (κ1) is 12.9. The first-order valence-electron chi connectivity index (χ1n) is 6.54. The average molecular weight is 275 g/mol. The van der Waals surface area contributed by atoms with Gasteiger partial charge in [0.2, 0.25) is 0 Å². The van der Waals surface area contributed by atoms with Gasteiger partial charge in [0.25, 0.3) is 0 Å². The summed E-state index contributed by atoms with van der Waals surface area (Å²) in [4.78, 5) is 7.57. The second-order valence-corrected chi connectivity index (χ2v) is 4.83. The number of phenols is 1. The number of rotatable bonds is 2. The third kappa shape index (κ3) is 2.49. The number of nitriles is 1. The van der Waals surface area contributed by atoms with Crippen molar-refractivity contribution in [2.45, 2.75) is 6.92 Å². The zero-order valence-electron chi connectivity index (χ0n) is 11.5. The molecular weight excluding hydrogens is 262 g/mol. The van der Waals surface area contributed by atoms with Gasteiger partial charge in [-0.2, -0.15) is 5.26 Å². The summed E-state index contributed by atoms with van der Waals surface area (Å²) in [5.41, 5.74) is 3.80. The molecule has 0 aliphatic rings. The second-order valence-electron chi connectivity index (χ2n) is 4.83. The minimum atomic E-state index is 0.136. The maximum Gasteiger partial charge on any atom is 0.149 e. The van der Waals surface area contributed by atoms with Crippen molar-refractivity contribution in [2.24, 2.45) is 0 Å². The summed E-state index contributed by atoms with van der Waals surface area (Å²) in [7, 11) is 0. The molecule has 1 heterocycles. The molecule has 2 N–H and O–H groups in total. The molecule has 0 radical (unpaired) electrons. The summed E-state index contributed by atoms with van der Waals surface area (Å²) in [5.74, 6) is 0.638. The van der Waals surface area contributed by atoms with Gasteiger partial charge in [-0.05, 0) is 36.8 Å². The molecule has 0 atom stereocenters. The summed E-state index contributed by atoms with van der Waals surface area (Å²) in [5, 5.41) is 19.1. The standard InChI is InChI=1S/C17H13N3O/c1-11-6-7-14-15(8-11)20-17(19-14)13(10-18)9-12-4-2-3-5-16(12)21/h2-9,21H,1H3,(H,19,20)/b13-9+. The number of phenolic OH excluding ortho intramolecular Hbond substituents is 1. The molecule has 0 aliphatic carbocycles. The topological polar surface area (TPSA) is 72.7 Å². The Balaban J connectivity index is 2.10. The van der Waals surface area contributed by atoms with Gasteiger partial charge < -0.3 is 10.1 Å². The van der Waals surface area contributed by atoms with E-state index in [1.807, 2.05) is 31.2 Å². The number of para-hydroxylation sites is 1. The largest absolute Gasteiger partial charge is 0.507 e. The summed E-state index contributed by atoms with van der Waals surface area (Å²) < 4.78 is 0. The van der Waals surface area contributed by atoms with Crippen LogP contribution in [-0.4, -0.2) is 15.1 Å². The lowest BCUT2D eigenvalue weighted by Crippen LogP contribution is -1.85. The van der Waals surface area contributed by atoms with Crippen LogP contribution < -0.4 is 0 Å². The Hall–Kier alpha value is -3.06. The minimum Gasteiger partial charge on any atom is -0.507 e. The van der Waals surface area contributed by atoms with E-state index in [0.717, 1.165) is 16.6 Å². The van der Waals surface area contributed by atoms with Crippen molar-refractivity contribution in [1.29, 1.82) is 5.26 Å². The third-order valence-electron chi connectivity index (χ3n) is 3.25. The Kier molecular flexibility index (Phi) is 3.17. The minimum absolute atomic E-state index is 0.136. The van der Waals surface area contributed by atoms with Crippen LogP contribution >= 0.6 is 0 Å². The Bertz CT molecular complexity index is 884. The fourth-order valence-corrected chi connectivity index (χ4v) is 2.17. The summed E-state index contributed by atoms with van der Waals surface area (Å²) in [6.45, 7) is 2.00. The molecule has 1 aromatic heterocycles. The number of hydrogen-bond acceptors (Lipinski definition) is 3. The van der Waals surface area contributed by atoms with Gasteiger partial charge in [-0.3, -0.25) is 0 Å². The number of nitrogens with zero attached hydrogens (tertiary/aromatic N) is 2. The van der Waals surface area contributed by atoms with Crippen LogP contribution in [0, 0.1) is 18.3 Å². The smallest absolute Gasteiger partial charge is 0.149 e. The van der Waals surface area contributed by atoms with Crippen LogP contribution in [0.15, 0.2) is 42.5 Å². The average Bonchev–Trinajstić information content (AvgIpc) is 2.89. The molecule has 0 fully saturated rings. The molecule has 21 heavy (non-hydrogen) atoms. The fourth-order valence-electron chi connectivity index (χ4n) is 2.17. The molecule has 0 unspecified atom stereocenters. The molecule has 3 aromatic rings. The number of H-pyrrole nitrogens is 1. The number of hydrogen-bond donors (Lipinski definition) is 2. The molecule has 4 nitrogen and oxygen atoms in total. The van der Waals surface area contributed by atoms with Crippen LogP contribution in [0.25, 0.3) is 22.7 Å². The molecule has 0 saturated heterocycles. The van der Waals surface area contributed by atoms with Gasteiger partial charge >= 0.3 is 0 Å². The number of aromatic nitrogens is 2.